The van der Waals surface area contributed by atoms with Crippen molar-refractivity contribution in [3.05, 3.63) is 23.9 Å². The van der Waals surface area contributed by atoms with Gasteiger partial charge >= 0.3 is 0 Å². The van der Waals surface area contributed by atoms with E-state index in [9.17, 15) is 0 Å². The van der Waals surface area contributed by atoms with E-state index >= 15 is 0 Å². The molecule has 2 N–H and O–H groups in total. The van der Waals surface area contributed by atoms with Crippen molar-refractivity contribution in [2.75, 3.05) is 14.2 Å². The van der Waals surface area contributed by atoms with E-state index in [0.717, 1.165) is 47.8 Å². The molecule has 6 nitrogen and oxygen atoms in total. The van der Waals surface area contributed by atoms with Gasteiger partial charge in [-0.25, -0.2) is 4.68 Å². The predicted molar refractivity (Wildman–Crippen MR) is 81.4 cm³/mol. The minimum Gasteiger partial charge on any atom is -0.497 e. The summed E-state index contributed by atoms with van der Waals surface area (Å²) < 4.78 is 12.6. The highest BCUT2D eigenvalue weighted by Crippen LogP contribution is 2.31. The molecule has 0 saturated carbocycles. The van der Waals surface area contributed by atoms with Gasteiger partial charge in [0.05, 0.1) is 19.9 Å². The molecule has 6 heteroatoms. The molecule has 1 heterocycles. The van der Waals surface area contributed by atoms with Crippen molar-refractivity contribution in [1.82, 2.24) is 15.0 Å². The molecule has 2 aromatic rings. The minimum absolute atomic E-state index is 0.348. The van der Waals surface area contributed by atoms with Gasteiger partial charge in [0.25, 0.3) is 0 Å². The zero-order valence-corrected chi connectivity index (χ0v) is 12.8. The number of ether oxygens (including phenoxy) is 2. The van der Waals surface area contributed by atoms with E-state index in [4.69, 9.17) is 15.2 Å². The van der Waals surface area contributed by atoms with Gasteiger partial charge in [-0.05, 0) is 18.6 Å². The van der Waals surface area contributed by atoms with Gasteiger partial charge < -0.3 is 15.2 Å². The lowest BCUT2D eigenvalue weighted by atomic mass is 10.1. The summed E-state index contributed by atoms with van der Waals surface area (Å²) in [6.45, 7) is 3.31. The molecule has 0 aliphatic heterocycles. The number of aryl methyl sites for hydroxylation is 1. The Balaban J connectivity index is 2.50. The summed E-state index contributed by atoms with van der Waals surface area (Å²) in [7, 11) is 3.27. The van der Waals surface area contributed by atoms with E-state index in [1.165, 1.54) is 0 Å². The van der Waals surface area contributed by atoms with E-state index < -0.39 is 0 Å². The van der Waals surface area contributed by atoms with Crippen molar-refractivity contribution in [3.63, 3.8) is 0 Å². The fraction of sp³-hybridized carbons (Fsp3) is 0.467. The monoisotopic (exact) mass is 290 g/mol. The Kier molecular flexibility index (Phi) is 5.16. The molecule has 114 valence electrons. The summed E-state index contributed by atoms with van der Waals surface area (Å²) >= 11 is 0. The standard InChI is InChI=1S/C15H22N4O2/c1-4-5-6-19-15(14(10-16)17-18-19)11-7-12(20-2)9-13(8-11)21-3/h7-9H,4-6,10,16H2,1-3H3. The van der Waals surface area contributed by atoms with E-state index in [2.05, 4.69) is 17.2 Å². The van der Waals surface area contributed by atoms with Crippen LogP contribution in [-0.4, -0.2) is 29.2 Å². The van der Waals surface area contributed by atoms with Crippen LogP contribution in [0.2, 0.25) is 0 Å². The van der Waals surface area contributed by atoms with Gasteiger partial charge in [-0.15, -0.1) is 5.10 Å². The van der Waals surface area contributed by atoms with Gasteiger partial charge in [-0.1, -0.05) is 18.6 Å². The first-order valence-electron chi connectivity index (χ1n) is 7.09. The lowest BCUT2D eigenvalue weighted by Crippen LogP contribution is -2.05. The van der Waals surface area contributed by atoms with Crippen LogP contribution in [0.4, 0.5) is 0 Å². The number of benzene rings is 1. The Hall–Kier alpha value is -2.08. The van der Waals surface area contributed by atoms with E-state index in [-0.39, 0.29) is 0 Å². The number of aromatic nitrogens is 3. The first-order chi connectivity index (χ1) is 10.2. The SMILES string of the molecule is CCCCn1nnc(CN)c1-c1cc(OC)cc(OC)c1. The summed E-state index contributed by atoms with van der Waals surface area (Å²) in [6, 6.07) is 5.73. The Morgan fingerprint density at radius 3 is 2.33 bits per heavy atom. The maximum atomic E-state index is 5.79. The molecule has 0 aliphatic rings. The van der Waals surface area contributed by atoms with Gasteiger partial charge in [0.1, 0.15) is 17.2 Å². The third-order valence-corrected chi connectivity index (χ3v) is 3.35. The van der Waals surface area contributed by atoms with Gasteiger partial charge in [-0.3, -0.25) is 0 Å². The molecule has 21 heavy (non-hydrogen) atoms. The fourth-order valence-electron chi connectivity index (χ4n) is 2.21. The molecular formula is C15H22N4O2. The number of nitrogens with zero attached hydrogens (tertiary/aromatic N) is 3. The first kappa shape index (κ1) is 15.3. The summed E-state index contributed by atoms with van der Waals surface area (Å²) in [5.74, 6) is 1.46. The summed E-state index contributed by atoms with van der Waals surface area (Å²) in [4.78, 5) is 0. The molecule has 0 unspecified atom stereocenters. The third-order valence-electron chi connectivity index (χ3n) is 3.35. The maximum Gasteiger partial charge on any atom is 0.123 e. The topological polar surface area (TPSA) is 75.2 Å². The Morgan fingerprint density at radius 2 is 1.81 bits per heavy atom. The maximum absolute atomic E-state index is 5.79. The van der Waals surface area contributed by atoms with Crippen molar-refractivity contribution in [1.29, 1.82) is 0 Å². The highest BCUT2D eigenvalue weighted by atomic mass is 16.5. The Labute approximate surface area is 124 Å². The van der Waals surface area contributed by atoms with Crippen molar-refractivity contribution in [2.24, 2.45) is 5.73 Å². The van der Waals surface area contributed by atoms with Crippen LogP contribution in [0.15, 0.2) is 18.2 Å². The lowest BCUT2D eigenvalue weighted by Gasteiger charge is -2.11. The van der Waals surface area contributed by atoms with E-state index in [0.29, 0.717) is 6.54 Å². The summed E-state index contributed by atoms with van der Waals surface area (Å²) in [5, 5.41) is 8.40. The number of methoxy groups -OCH3 is 2. The average molecular weight is 290 g/mol. The second kappa shape index (κ2) is 7.08. The van der Waals surface area contributed by atoms with Crippen molar-refractivity contribution in [3.8, 4) is 22.8 Å². The van der Waals surface area contributed by atoms with Crippen LogP contribution in [0.5, 0.6) is 11.5 Å². The van der Waals surface area contributed by atoms with Crippen LogP contribution >= 0.6 is 0 Å². The molecule has 0 fully saturated rings. The van der Waals surface area contributed by atoms with Crippen LogP contribution in [-0.2, 0) is 13.1 Å². The van der Waals surface area contributed by atoms with Crippen LogP contribution in [0, 0.1) is 0 Å². The first-order valence-corrected chi connectivity index (χ1v) is 7.09. The van der Waals surface area contributed by atoms with E-state index in [1.54, 1.807) is 14.2 Å². The molecule has 0 amide bonds. The van der Waals surface area contributed by atoms with Crippen LogP contribution in [0.1, 0.15) is 25.5 Å². The Morgan fingerprint density at radius 1 is 1.14 bits per heavy atom. The number of hydrogen-bond donors (Lipinski definition) is 1. The molecule has 0 atom stereocenters. The average Bonchev–Trinajstić information content (AvgIpc) is 2.95. The van der Waals surface area contributed by atoms with Crippen LogP contribution < -0.4 is 15.2 Å². The largest absolute Gasteiger partial charge is 0.497 e. The quantitative estimate of drug-likeness (QED) is 0.846. The zero-order valence-electron chi connectivity index (χ0n) is 12.8. The van der Waals surface area contributed by atoms with Crippen molar-refractivity contribution < 1.29 is 9.47 Å². The van der Waals surface area contributed by atoms with Crippen molar-refractivity contribution in [2.45, 2.75) is 32.9 Å². The number of rotatable bonds is 7. The molecule has 1 aromatic heterocycles. The fourth-order valence-corrected chi connectivity index (χ4v) is 2.21. The summed E-state index contributed by atoms with van der Waals surface area (Å²) in [6.07, 6.45) is 2.14. The van der Waals surface area contributed by atoms with Gasteiger partial charge in [0.15, 0.2) is 0 Å². The zero-order chi connectivity index (χ0) is 15.2. The highest BCUT2D eigenvalue weighted by Gasteiger charge is 2.15. The number of hydrogen-bond acceptors (Lipinski definition) is 5. The highest BCUT2D eigenvalue weighted by molar-refractivity contribution is 5.66. The number of unbranched alkanes of at least 4 members (excludes halogenated alkanes) is 1. The van der Waals surface area contributed by atoms with Gasteiger partial charge in [0, 0.05) is 24.7 Å². The molecule has 2 rings (SSSR count). The lowest BCUT2D eigenvalue weighted by molar-refractivity contribution is 0.394. The second-order valence-electron chi connectivity index (χ2n) is 4.77. The number of nitrogens with two attached hydrogens (primary N) is 1. The molecule has 0 spiro atoms. The molecule has 0 bridgehead atoms. The van der Waals surface area contributed by atoms with Gasteiger partial charge in [-0.2, -0.15) is 0 Å². The predicted octanol–water partition coefficient (Wildman–Crippen LogP) is 2.22. The third kappa shape index (κ3) is 3.33. The minimum atomic E-state index is 0.348. The molecule has 0 radical (unpaired) electrons. The molecule has 1 aromatic carbocycles. The van der Waals surface area contributed by atoms with E-state index in [1.807, 2.05) is 22.9 Å². The smallest absolute Gasteiger partial charge is 0.123 e. The molecule has 0 aliphatic carbocycles. The second-order valence-corrected chi connectivity index (χ2v) is 4.77. The molecular weight excluding hydrogens is 268 g/mol. The van der Waals surface area contributed by atoms with Crippen LogP contribution in [0.3, 0.4) is 0 Å². The van der Waals surface area contributed by atoms with Crippen molar-refractivity contribution >= 4 is 0 Å². The van der Waals surface area contributed by atoms with Crippen LogP contribution in [0.25, 0.3) is 11.3 Å². The Bertz CT molecular complexity index is 573. The van der Waals surface area contributed by atoms with Gasteiger partial charge in [0.2, 0.25) is 0 Å². The summed E-state index contributed by atoms with van der Waals surface area (Å²) in [5.41, 5.74) is 8.46. The normalized spacial score (nSPS) is 10.7. The molecule has 0 saturated heterocycles.